The highest BCUT2D eigenvalue weighted by molar-refractivity contribution is 7.12. The first kappa shape index (κ1) is 16.2. The molecule has 25 heavy (non-hydrogen) atoms. The van der Waals surface area contributed by atoms with E-state index in [0.29, 0.717) is 5.82 Å². The van der Waals surface area contributed by atoms with Crippen LogP contribution in [0.1, 0.15) is 27.3 Å². The fraction of sp³-hybridized carbons (Fsp3) is 0.250. The molecule has 1 N–H and O–H groups in total. The molecule has 0 fully saturated rings. The summed E-state index contributed by atoms with van der Waals surface area (Å²) in [6.07, 6.45) is 5.40. The number of rotatable bonds is 4. The van der Waals surface area contributed by atoms with E-state index < -0.39 is 11.6 Å². The van der Waals surface area contributed by atoms with Crippen molar-refractivity contribution in [3.63, 3.8) is 0 Å². The molecule has 1 aromatic carbocycles. The Morgan fingerprint density at radius 3 is 2.64 bits per heavy atom. The minimum atomic E-state index is -0.548. The fourth-order valence-corrected chi connectivity index (χ4v) is 4.73. The largest absolute Gasteiger partial charge is 0.366 e. The molecule has 0 aliphatic heterocycles. The molecular weight excluding hydrogens is 338 g/mol. The van der Waals surface area contributed by atoms with Gasteiger partial charge in [0.15, 0.2) is 0 Å². The molecule has 0 atom stereocenters. The summed E-state index contributed by atoms with van der Waals surface area (Å²) in [5.41, 5.74) is 3.93. The van der Waals surface area contributed by atoms with E-state index in [2.05, 4.69) is 17.2 Å². The molecule has 0 bridgehead atoms. The lowest BCUT2D eigenvalue weighted by Gasteiger charge is -2.09. The van der Waals surface area contributed by atoms with E-state index in [1.165, 1.54) is 51.9 Å². The fourth-order valence-electron chi connectivity index (χ4n) is 3.45. The number of halogens is 2. The summed E-state index contributed by atoms with van der Waals surface area (Å²) in [5.74, 6) is -0.488. The molecule has 0 radical (unpaired) electrons. The highest BCUT2D eigenvalue weighted by Crippen LogP contribution is 2.40. The highest BCUT2D eigenvalue weighted by atomic mass is 32.1. The van der Waals surface area contributed by atoms with Crippen LogP contribution < -0.4 is 5.32 Å². The van der Waals surface area contributed by atoms with Crippen molar-refractivity contribution >= 4 is 17.2 Å². The number of hydrogen-bond donors (Lipinski definition) is 1. The molecule has 0 unspecified atom stereocenters. The van der Waals surface area contributed by atoms with E-state index in [1.54, 1.807) is 0 Å². The Bertz CT molecular complexity index is 896. The first-order valence-electron chi connectivity index (χ1n) is 8.38. The summed E-state index contributed by atoms with van der Waals surface area (Å²) in [7, 11) is 0. The molecule has 0 spiro atoms. The maximum absolute atomic E-state index is 13.7. The lowest BCUT2D eigenvalue weighted by Crippen LogP contribution is -2.05. The minimum absolute atomic E-state index is 0.0277. The van der Waals surface area contributed by atoms with Gasteiger partial charge in [-0.15, -0.1) is 11.3 Å². The monoisotopic (exact) mass is 356 g/mol. The molecule has 0 amide bonds. The first-order chi connectivity index (χ1) is 12.1. The summed E-state index contributed by atoms with van der Waals surface area (Å²) in [4.78, 5) is 7.26. The van der Waals surface area contributed by atoms with E-state index in [4.69, 9.17) is 0 Å². The number of thiophene rings is 1. The molecule has 1 aliphatic rings. The standard InChI is InChI=1S/C20H18F2N2S/c1-12-20(14-4-2-7-18(14)25-12)13-8-9-19(23-10-13)24-11-15-16(21)5-3-6-17(15)22/h3,5-6,8-10H,2,4,7,11H2,1H3,(H,23,24). The molecule has 2 aromatic heterocycles. The number of aryl methyl sites for hydroxylation is 2. The number of pyridine rings is 1. The van der Waals surface area contributed by atoms with Gasteiger partial charge in [0.25, 0.3) is 0 Å². The molecule has 0 saturated heterocycles. The van der Waals surface area contributed by atoms with Crippen LogP contribution in [-0.4, -0.2) is 4.98 Å². The van der Waals surface area contributed by atoms with Crippen LogP contribution >= 0.6 is 11.3 Å². The van der Waals surface area contributed by atoms with Gasteiger partial charge in [-0.2, -0.15) is 0 Å². The number of nitrogens with zero attached hydrogens (tertiary/aromatic N) is 1. The number of fused-ring (bicyclic) bond motifs is 1. The van der Waals surface area contributed by atoms with Gasteiger partial charge in [0.1, 0.15) is 17.5 Å². The van der Waals surface area contributed by atoms with Crippen molar-refractivity contribution in [1.29, 1.82) is 0 Å². The Kier molecular flexibility index (Phi) is 4.25. The van der Waals surface area contributed by atoms with Crippen molar-refractivity contribution in [3.8, 4) is 11.1 Å². The summed E-state index contributed by atoms with van der Waals surface area (Å²) in [6, 6.07) is 7.78. The minimum Gasteiger partial charge on any atom is -0.366 e. The van der Waals surface area contributed by atoms with E-state index in [-0.39, 0.29) is 12.1 Å². The van der Waals surface area contributed by atoms with Crippen LogP contribution in [0.15, 0.2) is 36.5 Å². The third kappa shape index (κ3) is 3.04. The second kappa shape index (κ2) is 6.56. The third-order valence-electron chi connectivity index (χ3n) is 4.66. The topological polar surface area (TPSA) is 24.9 Å². The molecular formula is C20H18F2N2S. The van der Waals surface area contributed by atoms with E-state index >= 15 is 0 Å². The molecule has 128 valence electrons. The number of hydrogen-bond acceptors (Lipinski definition) is 3. The Labute approximate surface area is 149 Å². The molecule has 0 saturated carbocycles. The average molecular weight is 356 g/mol. The van der Waals surface area contributed by atoms with Crippen LogP contribution in [0.3, 0.4) is 0 Å². The molecule has 5 heteroatoms. The lowest BCUT2D eigenvalue weighted by molar-refractivity contribution is 0.560. The number of aromatic nitrogens is 1. The predicted molar refractivity (Wildman–Crippen MR) is 98.0 cm³/mol. The zero-order valence-corrected chi connectivity index (χ0v) is 14.7. The van der Waals surface area contributed by atoms with E-state index in [9.17, 15) is 8.78 Å². The van der Waals surface area contributed by atoms with Gasteiger partial charge in [0.05, 0.1) is 0 Å². The zero-order valence-electron chi connectivity index (χ0n) is 13.9. The number of benzene rings is 1. The first-order valence-corrected chi connectivity index (χ1v) is 9.19. The molecule has 2 heterocycles. The van der Waals surface area contributed by atoms with Crippen molar-refractivity contribution < 1.29 is 8.78 Å². The van der Waals surface area contributed by atoms with Gasteiger partial charge < -0.3 is 5.32 Å². The summed E-state index contributed by atoms with van der Waals surface area (Å²) >= 11 is 1.89. The molecule has 1 aliphatic carbocycles. The van der Waals surface area contributed by atoms with Crippen molar-refractivity contribution in [2.45, 2.75) is 32.7 Å². The van der Waals surface area contributed by atoms with Crippen LogP contribution in [0.25, 0.3) is 11.1 Å². The van der Waals surface area contributed by atoms with Gasteiger partial charge in [0, 0.05) is 39.2 Å². The smallest absolute Gasteiger partial charge is 0.131 e. The van der Waals surface area contributed by atoms with Crippen molar-refractivity contribution in [1.82, 2.24) is 4.98 Å². The van der Waals surface area contributed by atoms with Crippen LogP contribution in [0, 0.1) is 18.6 Å². The summed E-state index contributed by atoms with van der Waals surface area (Å²) in [6.45, 7) is 2.23. The number of anilines is 1. The number of nitrogens with one attached hydrogen (secondary N) is 1. The zero-order chi connectivity index (χ0) is 17.4. The maximum Gasteiger partial charge on any atom is 0.131 e. The lowest BCUT2D eigenvalue weighted by atomic mass is 10.0. The summed E-state index contributed by atoms with van der Waals surface area (Å²) < 4.78 is 27.4. The Hall–Kier alpha value is -2.27. The van der Waals surface area contributed by atoms with Crippen LogP contribution in [0.5, 0.6) is 0 Å². The van der Waals surface area contributed by atoms with Crippen LogP contribution in [0.4, 0.5) is 14.6 Å². The summed E-state index contributed by atoms with van der Waals surface area (Å²) in [5, 5.41) is 2.99. The van der Waals surface area contributed by atoms with E-state index in [0.717, 1.165) is 12.0 Å². The Morgan fingerprint density at radius 1 is 1.12 bits per heavy atom. The quantitative estimate of drug-likeness (QED) is 0.668. The SMILES string of the molecule is Cc1sc2c(c1-c1ccc(NCc3c(F)cccc3F)nc1)CCC2. The van der Waals surface area contributed by atoms with Crippen molar-refractivity contribution in [3.05, 3.63) is 69.0 Å². The normalized spacial score (nSPS) is 13.1. The van der Waals surface area contributed by atoms with E-state index in [1.807, 2.05) is 29.7 Å². The second-order valence-electron chi connectivity index (χ2n) is 6.27. The third-order valence-corrected chi connectivity index (χ3v) is 5.86. The van der Waals surface area contributed by atoms with Gasteiger partial charge >= 0.3 is 0 Å². The molecule has 2 nitrogen and oxygen atoms in total. The maximum atomic E-state index is 13.7. The van der Waals surface area contributed by atoms with Gasteiger partial charge in [-0.25, -0.2) is 13.8 Å². The van der Waals surface area contributed by atoms with Gasteiger partial charge in [-0.05, 0) is 56.0 Å². The van der Waals surface area contributed by atoms with Crippen LogP contribution in [-0.2, 0) is 19.4 Å². The van der Waals surface area contributed by atoms with Crippen LogP contribution in [0.2, 0.25) is 0 Å². The second-order valence-corrected chi connectivity index (χ2v) is 7.58. The predicted octanol–water partition coefficient (Wildman–Crippen LogP) is 5.50. The average Bonchev–Trinajstić information content (AvgIpc) is 3.15. The molecule has 4 rings (SSSR count). The van der Waals surface area contributed by atoms with Crippen molar-refractivity contribution in [2.24, 2.45) is 0 Å². The van der Waals surface area contributed by atoms with Gasteiger partial charge in [-0.3, -0.25) is 0 Å². The Balaban J connectivity index is 1.53. The van der Waals surface area contributed by atoms with Crippen molar-refractivity contribution in [2.75, 3.05) is 5.32 Å². The highest BCUT2D eigenvalue weighted by Gasteiger charge is 2.21. The molecule has 3 aromatic rings. The van der Waals surface area contributed by atoms with Gasteiger partial charge in [-0.1, -0.05) is 6.07 Å². The van der Waals surface area contributed by atoms with Gasteiger partial charge in [0.2, 0.25) is 0 Å². The Morgan fingerprint density at radius 2 is 1.92 bits per heavy atom.